The summed E-state index contributed by atoms with van der Waals surface area (Å²) in [5, 5.41) is 3.40. The van der Waals surface area contributed by atoms with Crippen LogP contribution in [0, 0.1) is 0 Å². The molecule has 1 saturated heterocycles. The first-order valence-electron chi connectivity index (χ1n) is 7.35. The average Bonchev–Trinajstić information content (AvgIpc) is 2.46. The summed E-state index contributed by atoms with van der Waals surface area (Å²) in [6, 6.07) is 4.19. The van der Waals surface area contributed by atoms with Crippen molar-refractivity contribution in [3.63, 3.8) is 0 Å². The molecule has 4 nitrogen and oxygen atoms in total. The number of unbranched alkanes of at least 4 members (excludes halogenated alkanes) is 1. The smallest absolute Gasteiger partial charge is 0.0271 e. The molecule has 1 fully saturated rings. The molecule has 4 heteroatoms. The van der Waals surface area contributed by atoms with Crippen molar-refractivity contribution in [2.24, 2.45) is 0 Å². The fraction of sp³-hybridized carbons (Fsp3) is 0.667. The van der Waals surface area contributed by atoms with E-state index >= 15 is 0 Å². The van der Waals surface area contributed by atoms with Crippen molar-refractivity contribution in [1.82, 2.24) is 20.1 Å². The van der Waals surface area contributed by atoms with Crippen molar-refractivity contribution in [3.05, 3.63) is 30.1 Å². The summed E-state index contributed by atoms with van der Waals surface area (Å²) in [5.41, 5.74) is 1.35. The van der Waals surface area contributed by atoms with Gasteiger partial charge in [-0.25, -0.2) is 0 Å². The van der Waals surface area contributed by atoms with Crippen molar-refractivity contribution < 1.29 is 0 Å². The molecule has 0 aliphatic carbocycles. The summed E-state index contributed by atoms with van der Waals surface area (Å²) < 4.78 is 0. The molecule has 0 unspecified atom stereocenters. The van der Waals surface area contributed by atoms with Gasteiger partial charge in [0, 0.05) is 45.1 Å². The summed E-state index contributed by atoms with van der Waals surface area (Å²) in [6.45, 7) is 8.19. The number of hydrogen-bond acceptors (Lipinski definition) is 4. The zero-order valence-corrected chi connectivity index (χ0v) is 12.0. The predicted molar refractivity (Wildman–Crippen MR) is 79.1 cm³/mol. The Balaban J connectivity index is 1.55. The molecule has 1 aliphatic heterocycles. The van der Waals surface area contributed by atoms with E-state index in [0.717, 1.165) is 19.6 Å². The lowest BCUT2D eigenvalue weighted by Gasteiger charge is -2.27. The van der Waals surface area contributed by atoms with Crippen LogP contribution < -0.4 is 5.32 Å². The number of hydrogen-bond donors (Lipinski definition) is 1. The molecule has 0 bridgehead atoms. The minimum absolute atomic E-state index is 1.02. The summed E-state index contributed by atoms with van der Waals surface area (Å²) >= 11 is 0. The van der Waals surface area contributed by atoms with E-state index < -0.39 is 0 Å². The Labute approximate surface area is 116 Å². The second kappa shape index (κ2) is 8.25. The second-order valence-corrected chi connectivity index (χ2v) is 5.39. The minimum Gasteiger partial charge on any atom is -0.314 e. The lowest BCUT2D eigenvalue weighted by molar-refractivity contribution is 0.229. The lowest BCUT2D eigenvalue weighted by Crippen LogP contribution is -2.43. The van der Waals surface area contributed by atoms with E-state index in [-0.39, 0.29) is 0 Å². The van der Waals surface area contributed by atoms with Gasteiger partial charge in [0.2, 0.25) is 0 Å². The Morgan fingerprint density at radius 1 is 1.21 bits per heavy atom. The molecule has 2 heterocycles. The zero-order valence-electron chi connectivity index (χ0n) is 12.0. The highest BCUT2D eigenvalue weighted by molar-refractivity contribution is 5.09. The van der Waals surface area contributed by atoms with Crippen LogP contribution in [0.2, 0.25) is 0 Å². The number of nitrogens with one attached hydrogen (secondary N) is 1. The highest BCUT2D eigenvalue weighted by Crippen LogP contribution is 2.03. The topological polar surface area (TPSA) is 31.4 Å². The maximum absolute atomic E-state index is 4.05. The molecule has 1 N–H and O–H groups in total. The van der Waals surface area contributed by atoms with Gasteiger partial charge in [0.1, 0.15) is 0 Å². The third kappa shape index (κ3) is 5.68. The quantitative estimate of drug-likeness (QED) is 0.748. The van der Waals surface area contributed by atoms with Crippen LogP contribution in [0.1, 0.15) is 18.4 Å². The maximum atomic E-state index is 4.05. The van der Waals surface area contributed by atoms with Crippen LogP contribution in [0.25, 0.3) is 0 Å². The van der Waals surface area contributed by atoms with Gasteiger partial charge >= 0.3 is 0 Å². The van der Waals surface area contributed by atoms with Crippen LogP contribution in [0.15, 0.2) is 24.5 Å². The number of piperazine rings is 1. The molecule has 1 aromatic heterocycles. The number of pyridine rings is 1. The van der Waals surface area contributed by atoms with Gasteiger partial charge in [-0.2, -0.15) is 0 Å². The zero-order chi connectivity index (χ0) is 13.3. The molecule has 0 atom stereocenters. The van der Waals surface area contributed by atoms with E-state index in [1.54, 1.807) is 0 Å². The number of rotatable bonds is 7. The molecular formula is C15H26N4. The van der Waals surface area contributed by atoms with Crippen LogP contribution in [0.3, 0.4) is 0 Å². The molecule has 106 valence electrons. The van der Waals surface area contributed by atoms with Gasteiger partial charge in [-0.05, 0) is 50.7 Å². The van der Waals surface area contributed by atoms with Gasteiger partial charge in [-0.3, -0.25) is 4.98 Å². The Morgan fingerprint density at radius 3 is 2.68 bits per heavy atom. The monoisotopic (exact) mass is 262 g/mol. The van der Waals surface area contributed by atoms with Crippen LogP contribution in [0.5, 0.6) is 0 Å². The Hall–Kier alpha value is -0.970. The highest BCUT2D eigenvalue weighted by atomic mass is 15.2. The van der Waals surface area contributed by atoms with E-state index in [1.807, 2.05) is 12.4 Å². The first-order valence-corrected chi connectivity index (χ1v) is 7.35. The minimum atomic E-state index is 1.02. The fourth-order valence-electron chi connectivity index (χ4n) is 2.53. The van der Waals surface area contributed by atoms with Gasteiger partial charge in [-0.1, -0.05) is 0 Å². The number of aromatic nitrogens is 1. The van der Waals surface area contributed by atoms with E-state index in [2.05, 4.69) is 39.3 Å². The molecular weight excluding hydrogens is 236 g/mol. The number of nitrogens with zero attached hydrogens (tertiary/aromatic N) is 3. The summed E-state index contributed by atoms with van der Waals surface area (Å²) in [5.74, 6) is 0. The molecule has 0 radical (unpaired) electrons. The molecule has 0 amide bonds. The van der Waals surface area contributed by atoms with Gasteiger partial charge < -0.3 is 15.1 Å². The molecule has 19 heavy (non-hydrogen) atoms. The summed E-state index contributed by atoms with van der Waals surface area (Å²) in [7, 11) is 2.20. The van der Waals surface area contributed by atoms with Crippen LogP contribution in [0.4, 0.5) is 0 Å². The van der Waals surface area contributed by atoms with Crippen LogP contribution >= 0.6 is 0 Å². The van der Waals surface area contributed by atoms with Gasteiger partial charge in [0.15, 0.2) is 0 Å². The second-order valence-electron chi connectivity index (χ2n) is 5.39. The van der Waals surface area contributed by atoms with E-state index in [4.69, 9.17) is 0 Å². The highest BCUT2D eigenvalue weighted by Gasteiger charge is 2.08. The normalized spacial score (nSPS) is 16.9. The van der Waals surface area contributed by atoms with E-state index in [0.29, 0.717) is 0 Å². The summed E-state index contributed by atoms with van der Waals surface area (Å²) in [6.07, 6.45) is 6.33. The third-order valence-corrected chi connectivity index (χ3v) is 3.68. The summed E-state index contributed by atoms with van der Waals surface area (Å²) in [4.78, 5) is 9.02. The Morgan fingerprint density at radius 2 is 1.95 bits per heavy atom. The lowest BCUT2D eigenvalue weighted by atomic mass is 10.2. The van der Waals surface area contributed by atoms with E-state index in [9.17, 15) is 0 Å². The molecule has 2 rings (SSSR count). The molecule has 1 aromatic rings. The van der Waals surface area contributed by atoms with E-state index in [1.165, 1.54) is 44.6 Å². The Bertz CT molecular complexity index is 335. The molecule has 0 saturated carbocycles. The van der Waals surface area contributed by atoms with Crippen molar-refractivity contribution in [2.75, 3.05) is 46.3 Å². The van der Waals surface area contributed by atoms with Gasteiger partial charge in [0.05, 0.1) is 0 Å². The van der Waals surface area contributed by atoms with Crippen molar-refractivity contribution in [1.29, 1.82) is 0 Å². The van der Waals surface area contributed by atoms with Crippen LogP contribution in [-0.2, 0) is 6.54 Å². The van der Waals surface area contributed by atoms with Crippen molar-refractivity contribution >= 4 is 0 Å². The fourth-order valence-corrected chi connectivity index (χ4v) is 2.53. The Kier molecular flexibility index (Phi) is 6.27. The predicted octanol–water partition coefficient (Wildman–Crippen LogP) is 1.20. The maximum Gasteiger partial charge on any atom is 0.0271 e. The SMILES string of the molecule is CN(CCCCN1CCNCC1)Cc1ccncc1. The largest absolute Gasteiger partial charge is 0.314 e. The first-order chi connectivity index (χ1) is 9.34. The molecule has 0 aromatic carbocycles. The van der Waals surface area contributed by atoms with Gasteiger partial charge in [-0.15, -0.1) is 0 Å². The standard InChI is InChI=1S/C15H26N4/c1-18(14-15-4-6-16-7-5-15)10-2-3-11-19-12-8-17-9-13-19/h4-7,17H,2-3,8-14H2,1H3. The van der Waals surface area contributed by atoms with Crippen LogP contribution in [-0.4, -0.2) is 61.1 Å². The molecule has 0 spiro atoms. The third-order valence-electron chi connectivity index (χ3n) is 3.68. The first kappa shape index (κ1) is 14.4. The average molecular weight is 262 g/mol. The van der Waals surface area contributed by atoms with Gasteiger partial charge in [0.25, 0.3) is 0 Å². The van der Waals surface area contributed by atoms with Crippen molar-refractivity contribution in [2.45, 2.75) is 19.4 Å². The molecule has 1 aliphatic rings. The van der Waals surface area contributed by atoms with Crippen molar-refractivity contribution in [3.8, 4) is 0 Å².